The van der Waals surface area contributed by atoms with Gasteiger partial charge in [0, 0.05) is 23.7 Å². The maximum atomic E-state index is 13.7. The number of aryl methyl sites for hydroxylation is 1. The molecule has 0 aliphatic rings. The van der Waals surface area contributed by atoms with Gasteiger partial charge < -0.3 is 4.74 Å². The van der Waals surface area contributed by atoms with Crippen LogP contribution in [0, 0.1) is 6.92 Å². The topological polar surface area (TPSA) is 129 Å². The first-order chi connectivity index (χ1) is 18.2. The van der Waals surface area contributed by atoms with Gasteiger partial charge in [0.1, 0.15) is 23.0 Å². The smallest absolute Gasteiger partial charge is 0.189 e. The lowest BCUT2D eigenvalue weighted by Crippen LogP contribution is -2.27. The van der Waals surface area contributed by atoms with E-state index in [1.54, 1.807) is 25.5 Å². The first-order valence-electron chi connectivity index (χ1n) is 11.9. The highest BCUT2D eigenvalue weighted by Gasteiger charge is 2.33. The minimum atomic E-state index is -3.74. The normalized spacial score (nSPS) is 13.5. The molecule has 1 N–H and O–H groups in total. The number of halogens is 1. The molecule has 0 amide bonds. The summed E-state index contributed by atoms with van der Waals surface area (Å²) in [7, 11) is -2.17. The lowest BCUT2D eigenvalue weighted by Gasteiger charge is -2.20. The average molecular weight is 552 g/mol. The van der Waals surface area contributed by atoms with Crippen LogP contribution >= 0.6 is 11.6 Å². The lowest BCUT2D eigenvalue weighted by atomic mass is 10.1. The molecule has 3 heterocycles. The summed E-state index contributed by atoms with van der Waals surface area (Å²) in [5.41, 5.74) is 2.89. The molecule has 10 nitrogen and oxygen atoms in total. The van der Waals surface area contributed by atoms with Crippen molar-refractivity contribution in [3.8, 4) is 23.0 Å². The number of hydrogen-bond donors (Lipinski definition) is 1. The van der Waals surface area contributed by atoms with Crippen LogP contribution in [0.15, 0.2) is 54.9 Å². The maximum Gasteiger partial charge on any atom is 0.189 e. The third-order valence-electron chi connectivity index (χ3n) is 6.70. The largest absolute Gasteiger partial charge is 0.495 e. The van der Waals surface area contributed by atoms with E-state index in [-0.39, 0.29) is 11.6 Å². The van der Waals surface area contributed by atoms with Gasteiger partial charge in [0.25, 0.3) is 0 Å². The van der Waals surface area contributed by atoms with Gasteiger partial charge in [0.2, 0.25) is 0 Å². The summed E-state index contributed by atoms with van der Waals surface area (Å²) in [6, 6.07) is 13.3. The Labute approximate surface area is 225 Å². The summed E-state index contributed by atoms with van der Waals surface area (Å²) < 4.78 is 34.8. The van der Waals surface area contributed by atoms with Gasteiger partial charge in [-0.05, 0) is 31.5 Å². The SMILES string of the molecule is COc1cccc(C)c1-n1c(CS(=O)(=O)[C@@H](C)[C@H](C)c2ncc(Cl)cn2)nnc1-c1n[nH]c2ccccc12. The number of benzene rings is 2. The van der Waals surface area contributed by atoms with Crippen molar-refractivity contribution in [2.24, 2.45) is 0 Å². The molecule has 0 aliphatic heterocycles. The zero-order chi connectivity index (χ0) is 27.0. The van der Waals surface area contributed by atoms with Crippen molar-refractivity contribution in [2.75, 3.05) is 7.11 Å². The molecule has 2 aromatic carbocycles. The Hall–Kier alpha value is -3.83. The van der Waals surface area contributed by atoms with E-state index < -0.39 is 21.0 Å². The molecule has 12 heteroatoms. The van der Waals surface area contributed by atoms with E-state index in [1.807, 2.05) is 49.4 Å². The highest BCUT2D eigenvalue weighted by Crippen LogP contribution is 2.34. The molecular weight excluding hydrogens is 526 g/mol. The predicted molar refractivity (Wildman–Crippen MR) is 145 cm³/mol. The third-order valence-corrected chi connectivity index (χ3v) is 9.10. The molecule has 0 bridgehead atoms. The van der Waals surface area contributed by atoms with Crippen molar-refractivity contribution in [1.82, 2.24) is 34.9 Å². The molecule has 2 atom stereocenters. The van der Waals surface area contributed by atoms with Gasteiger partial charge in [-0.2, -0.15) is 5.10 Å². The Bertz CT molecular complexity index is 1710. The van der Waals surface area contributed by atoms with Crippen LogP contribution in [0.3, 0.4) is 0 Å². The quantitative estimate of drug-likeness (QED) is 0.294. The van der Waals surface area contributed by atoms with E-state index >= 15 is 0 Å². The van der Waals surface area contributed by atoms with Gasteiger partial charge in [-0.25, -0.2) is 18.4 Å². The number of aromatic nitrogens is 7. The predicted octanol–water partition coefficient (Wildman–Crippen LogP) is 4.68. The van der Waals surface area contributed by atoms with Crippen LogP contribution in [0.5, 0.6) is 5.75 Å². The van der Waals surface area contributed by atoms with Crippen LogP contribution in [-0.4, -0.2) is 55.7 Å². The summed E-state index contributed by atoms with van der Waals surface area (Å²) in [5, 5.41) is 16.7. The zero-order valence-corrected chi connectivity index (χ0v) is 22.8. The van der Waals surface area contributed by atoms with Crippen molar-refractivity contribution >= 4 is 32.3 Å². The Morgan fingerprint density at radius 3 is 2.53 bits per heavy atom. The van der Waals surface area contributed by atoms with Crippen molar-refractivity contribution in [3.63, 3.8) is 0 Å². The Kier molecular flexibility index (Phi) is 6.89. The second kappa shape index (κ2) is 10.1. The zero-order valence-electron chi connectivity index (χ0n) is 21.3. The highest BCUT2D eigenvalue weighted by molar-refractivity contribution is 7.91. The number of H-pyrrole nitrogens is 1. The molecule has 0 saturated heterocycles. The molecule has 196 valence electrons. The summed E-state index contributed by atoms with van der Waals surface area (Å²) in [6.07, 6.45) is 2.92. The molecule has 0 aliphatic carbocycles. The first-order valence-corrected chi connectivity index (χ1v) is 14.0. The molecule has 0 fully saturated rings. The van der Waals surface area contributed by atoms with Gasteiger partial charge in [-0.3, -0.25) is 9.67 Å². The van der Waals surface area contributed by atoms with Gasteiger partial charge in [0.15, 0.2) is 21.5 Å². The van der Waals surface area contributed by atoms with Gasteiger partial charge in [-0.1, -0.05) is 48.9 Å². The third kappa shape index (κ3) is 4.63. The number of rotatable bonds is 8. The van der Waals surface area contributed by atoms with E-state index in [1.165, 1.54) is 12.4 Å². The van der Waals surface area contributed by atoms with Crippen LogP contribution in [-0.2, 0) is 15.6 Å². The monoisotopic (exact) mass is 551 g/mol. The number of hydrogen-bond acceptors (Lipinski definition) is 8. The summed E-state index contributed by atoms with van der Waals surface area (Å²) >= 11 is 5.91. The number of nitrogens with zero attached hydrogens (tertiary/aromatic N) is 6. The molecule has 0 spiro atoms. The van der Waals surface area contributed by atoms with Crippen molar-refractivity contribution in [2.45, 2.75) is 37.7 Å². The van der Waals surface area contributed by atoms with Crippen molar-refractivity contribution in [3.05, 3.63) is 77.1 Å². The summed E-state index contributed by atoms with van der Waals surface area (Å²) in [6.45, 7) is 5.35. The number of sulfone groups is 1. The van der Waals surface area contributed by atoms with Crippen molar-refractivity contribution < 1.29 is 13.2 Å². The molecule has 38 heavy (non-hydrogen) atoms. The second-order valence-corrected chi connectivity index (χ2v) is 11.9. The van der Waals surface area contributed by atoms with Crippen molar-refractivity contribution in [1.29, 1.82) is 0 Å². The van der Waals surface area contributed by atoms with Gasteiger partial charge in [0.05, 0.1) is 28.6 Å². The standard InChI is InChI=1S/C26H26ClN7O3S/c1-15-8-7-11-21(37-4)24(15)34-22(31-33-26(34)23-19-9-5-6-10-20(19)30-32-23)14-38(35,36)17(3)16(2)25-28-12-18(27)13-29-25/h5-13,16-17H,14H2,1-4H3,(H,30,32)/t16-,17-/m0/s1. The molecule has 5 aromatic rings. The fourth-order valence-electron chi connectivity index (χ4n) is 4.41. The fraction of sp³-hybridized carbons (Fsp3) is 0.269. The number of nitrogens with one attached hydrogen (secondary N) is 1. The van der Waals surface area contributed by atoms with Gasteiger partial charge in [-0.15, -0.1) is 10.2 Å². The minimum Gasteiger partial charge on any atom is -0.495 e. The summed E-state index contributed by atoms with van der Waals surface area (Å²) in [4.78, 5) is 8.43. The Balaban J connectivity index is 1.63. The molecule has 0 radical (unpaired) electrons. The lowest BCUT2D eigenvalue weighted by molar-refractivity contribution is 0.412. The van der Waals surface area contributed by atoms with E-state index in [9.17, 15) is 8.42 Å². The number of methoxy groups -OCH3 is 1. The van der Waals surface area contributed by atoms with Gasteiger partial charge >= 0.3 is 0 Å². The molecule has 3 aromatic heterocycles. The van der Waals surface area contributed by atoms with E-state index in [2.05, 4.69) is 30.4 Å². The minimum absolute atomic E-state index is 0.246. The van der Waals surface area contributed by atoms with E-state index in [4.69, 9.17) is 16.3 Å². The maximum absolute atomic E-state index is 13.7. The molecule has 0 saturated carbocycles. The highest BCUT2D eigenvalue weighted by atomic mass is 35.5. The average Bonchev–Trinajstić information content (AvgIpc) is 3.51. The number of ether oxygens (including phenoxy) is 1. The van der Waals surface area contributed by atoms with Crippen LogP contribution in [0.1, 0.15) is 37.0 Å². The number of para-hydroxylation sites is 2. The summed E-state index contributed by atoms with van der Waals surface area (Å²) in [5.74, 6) is 0.768. The molecular formula is C26H26ClN7O3S. The van der Waals surface area contributed by atoms with E-state index in [0.29, 0.717) is 33.8 Å². The first kappa shape index (κ1) is 25.8. The van der Waals surface area contributed by atoms with Crippen LogP contribution < -0.4 is 4.74 Å². The van der Waals surface area contributed by atoms with Crippen LogP contribution in [0.2, 0.25) is 5.02 Å². The molecule has 5 rings (SSSR count). The number of aromatic amines is 1. The Morgan fingerprint density at radius 1 is 1.05 bits per heavy atom. The van der Waals surface area contributed by atoms with E-state index in [0.717, 1.165) is 16.5 Å². The second-order valence-electron chi connectivity index (χ2n) is 9.08. The Morgan fingerprint density at radius 2 is 1.79 bits per heavy atom. The number of fused-ring (bicyclic) bond motifs is 1. The fourth-order valence-corrected chi connectivity index (χ4v) is 6.06. The van der Waals surface area contributed by atoms with Crippen LogP contribution in [0.4, 0.5) is 0 Å². The molecule has 0 unspecified atom stereocenters. The van der Waals surface area contributed by atoms with Crippen LogP contribution in [0.25, 0.3) is 28.1 Å².